The largest absolute Gasteiger partial charge is 0.396 e. The summed E-state index contributed by atoms with van der Waals surface area (Å²) in [7, 11) is 0. The molecule has 0 aromatic heterocycles. The summed E-state index contributed by atoms with van der Waals surface area (Å²) in [5.74, 6) is 1.87. The van der Waals surface area contributed by atoms with E-state index in [1.165, 1.54) is 18.6 Å². The lowest BCUT2D eigenvalue weighted by Crippen LogP contribution is -2.35. The van der Waals surface area contributed by atoms with Gasteiger partial charge in [-0.15, -0.1) is 0 Å². The molecule has 0 aromatic carbocycles. The molecule has 0 aromatic rings. The fourth-order valence-electron chi connectivity index (χ4n) is 1.47. The van der Waals surface area contributed by atoms with E-state index >= 15 is 0 Å². The Balaban J connectivity index is 3.41. The molecule has 0 fully saturated rings. The van der Waals surface area contributed by atoms with E-state index in [1.54, 1.807) is 0 Å². The number of aliphatic hydroxyl groups excluding tert-OH is 1. The molecule has 0 saturated carbocycles. The second kappa shape index (κ2) is 9.81. The Morgan fingerprint density at radius 3 is 2.50 bits per heavy atom. The van der Waals surface area contributed by atoms with Crippen molar-refractivity contribution in [3.8, 4) is 0 Å². The molecule has 2 nitrogen and oxygen atoms in total. The molecule has 14 heavy (non-hydrogen) atoms. The molecule has 1 atom stereocenters. The molecule has 0 aliphatic rings. The molecule has 0 bridgehead atoms. The van der Waals surface area contributed by atoms with Gasteiger partial charge in [-0.3, -0.25) is 0 Å². The van der Waals surface area contributed by atoms with Crippen LogP contribution in [-0.2, 0) is 0 Å². The highest BCUT2D eigenvalue weighted by atomic mass is 32.2. The molecule has 0 heterocycles. The van der Waals surface area contributed by atoms with Gasteiger partial charge >= 0.3 is 0 Å². The average Bonchev–Trinajstić information content (AvgIpc) is 2.15. The first kappa shape index (κ1) is 14.3. The van der Waals surface area contributed by atoms with E-state index in [4.69, 9.17) is 5.11 Å². The summed E-state index contributed by atoms with van der Waals surface area (Å²) >= 11 is 1.91. The standard InChI is InChI=1S/C11H25NOS/c1-10(2)11(6-8-13)12-7-4-5-9-14-3/h10-13H,4-9H2,1-3H3. The summed E-state index contributed by atoms with van der Waals surface area (Å²) in [6.45, 7) is 5.79. The zero-order valence-corrected chi connectivity index (χ0v) is 10.6. The molecule has 2 N–H and O–H groups in total. The number of aliphatic hydroxyl groups is 1. The van der Waals surface area contributed by atoms with Gasteiger partial charge in [-0.25, -0.2) is 0 Å². The Kier molecular flexibility index (Phi) is 10.0. The minimum Gasteiger partial charge on any atom is -0.396 e. The Hall–Kier alpha value is 0.270. The number of rotatable bonds is 9. The van der Waals surface area contributed by atoms with Crippen LogP contribution in [0, 0.1) is 5.92 Å². The van der Waals surface area contributed by atoms with E-state index in [1.807, 2.05) is 11.8 Å². The van der Waals surface area contributed by atoms with Gasteiger partial charge in [-0.2, -0.15) is 11.8 Å². The van der Waals surface area contributed by atoms with Crippen molar-refractivity contribution in [2.45, 2.75) is 39.2 Å². The zero-order chi connectivity index (χ0) is 10.8. The van der Waals surface area contributed by atoms with Crippen LogP contribution in [0.15, 0.2) is 0 Å². The van der Waals surface area contributed by atoms with Crippen LogP contribution in [0.25, 0.3) is 0 Å². The second-order valence-electron chi connectivity index (χ2n) is 4.02. The maximum Gasteiger partial charge on any atom is 0.0445 e. The quantitative estimate of drug-likeness (QED) is 0.583. The monoisotopic (exact) mass is 219 g/mol. The highest BCUT2D eigenvalue weighted by molar-refractivity contribution is 7.98. The van der Waals surface area contributed by atoms with Crippen molar-refractivity contribution in [2.24, 2.45) is 5.92 Å². The number of thioether (sulfide) groups is 1. The second-order valence-corrected chi connectivity index (χ2v) is 5.00. The third-order valence-electron chi connectivity index (χ3n) is 2.43. The van der Waals surface area contributed by atoms with Crippen molar-refractivity contribution < 1.29 is 5.11 Å². The van der Waals surface area contributed by atoms with Crippen LogP contribution in [0.2, 0.25) is 0 Å². The van der Waals surface area contributed by atoms with Crippen molar-refractivity contribution >= 4 is 11.8 Å². The van der Waals surface area contributed by atoms with Crippen molar-refractivity contribution in [3.63, 3.8) is 0 Å². The summed E-state index contributed by atoms with van der Waals surface area (Å²) in [6.07, 6.45) is 5.56. The molecule has 0 saturated heterocycles. The van der Waals surface area contributed by atoms with Crippen molar-refractivity contribution in [1.29, 1.82) is 0 Å². The summed E-state index contributed by atoms with van der Waals surface area (Å²) in [5.41, 5.74) is 0. The van der Waals surface area contributed by atoms with Gasteiger partial charge < -0.3 is 10.4 Å². The Morgan fingerprint density at radius 1 is 1.29 bits per heavy atom. The van der Waals surface area contributed by atoms with Crippen molar-refractivity contribution in [1.82, 2.24) is 5.32 Å². The summed E-state index contributed by atoms with van der Waals surface area (Å²) in [5, 5.41) is 12.4. The summed E-state index contributed by atoms with van der Waals surface area (Å²) in [6, 6.07) is 0.481. The highest BCUT2D eigenvalue weighted by Gasteiger charge is 2.10. The van der Waals surface area contributed by atoms with Crippen LogP contribution in [0.4, 0.5) is 0 Å². The first-order chi connectivity index (χ1) is 6.72. The van der Waals surface area contributed by atoms with Crippen LogP contribution in [0.3, 0.4) is 0 Å². The predicted octanol–water partition coefficient (Wildman–Crippen LogP) is 2.13. The molecule has 0 spiro atoms. The van der Waals surface area contributed by atoms with E-state index in [9.17, 15) is 0 Å². The van der Waals surface area contributed by atoms with Crippen LogP contribution >= 0.6 is 11.8 Å². The van der Waals surface area contributed by atoms with Crippen LogP contribution in [0.1, 0.15) is 33.1 Å². The predicted molar refractivity (Wildman–Crippen MR) is 65.9 cm³/mol. The first-order valence-corrected chi connectivity index (χ1v) is 6.95. The smallest absolute Gasteiger partial charge is 0.0445 e. The number of unbranched alkanes of at least 4 members (excludes halogenated alkanes) is 1. The summed E-state index contributed by atoms with van der Waals surface area (Å²) in [4.78, 5) is 0. The van der Waals surface area contributed by atoms with Crippen molar-refractivity contribution in [2.75, 3.05) is 25.2 Å². The molecule has 0 rings (SSSR count). The van der Waals surface area contributed by atoms with Crippen LogP contribution in [-0.4, -0.2) is 36.3 Å². The zero-order valence-electron chi connectivity index (χ0n) is 9.75. The lowest BCUT2D eigenvalue weighted by atomic mass is 10.0. The Bertz CT molecular complexity index is 120. The van der Waals surface area contributed by atoms with Gasteiger partial charge in [-0.05, 0) is 43.7 Å². The molecule has 0 aliphatic heterocycles. The SMILES string of the molecule is CSCCCCNC(CCO)C(C)C. The van der Waals surface area contributed by atoms with E-state index in [-0.39, 0.29) is 0 Å². The number of nitrogens with one attached hydrogen (secondary N) is 1. The van der Waals surface area contributed by atoms with Gasteiger partial charge in [-0.1, -0.05) is 13.8 Å². The maximum absolute atomic E-state index is 8.88. The number of hydrogen-bond acceptors (Lipinski definition) is 3. The normalized spacial score (nSPS) is 13.5. The van der Waals surface area contributed by atoms with Gasteiger partial charge in [0.15, 0.2) is 0 Å². The van der Waals surface area contributed by atoms with E-state index < -0.39 is 0 Å². The minimum absolute atomic E-state index is 0.292. The fourth-order valence-corrected chi connectivity index (χ4v) is 1.96. The van der Waals surface area contributed by atoms with Gasteiger partial charge in [0.05, 0.1) is 0 Å². The summed E-state index contributed by atoms with van der Waals surface area (Å²) < 4.78 is 0. The molecule has 0 amide bonds. The van der Waals surface area contributed by atoms with E-state index in [2.05, 4.69) is 25.4 Å². The molecule has 86 valence electrons. The molecule has 0 aliphatic carbocycles. The maximum atomic E-state index is 8.88. The van der Waals surface area contributed by atoms with Gasteiger partial charge in [0.2, 0.25) is 0 Å². The molecule has 3 heteroatoms. The van der Waals surface area contributed by atoms with Crippen LogP contribution < -0.4 is 5.32 Å². The Labute approximate surface area is 92.9 Å². The molecular weight excluding hydrogens is 194 g/mol. The first-order valence-electron chi connectivity index (χ1n) is 5.55. The van der Waals surface area contributed by atoms with E-state index in [0.717, 1.165) is 13.0 Å². The van der Waals surface area contributed by atoms with Crippen molar-refractivity contribution in [3.05, 3.63) is 0 Å². The molecule has 0 radical (unpaired) electrons. The van der Waals surface area contributed by atoms with E-state index in [0.29, 0.717) is 18.6 Å². The molecule has 1 unspecified atom stereocenters. The third kappa shape index (κ3) is 7.65. The van der Waals surface area contributed by atoms with Gasteiger partial charge in [0.1, 0.15) is 0 Å². The van der Waals surface area contributed by atoms with Gasteiger partial charge in [0.25, 0.3) is 0 Å². The average molecular weight is 219 g/mol. The highest BCUT2D eigenvalue weighted by Crippen LogP contribution is 2.06. The number of hydrogen-bond donors (Lipinski definition) is 2. The minimum atomic E-state index is 0.292. The fraction of sp³-hybridized carbons (Fsp3) is 1.00. The molecular formula is C11H25NOS. The van der Waals surface area contributed by atoms with Gasteiger partial charge in [0, 0.05) is 12.6 Å². The topological polar surface area (TPSA) is 32.3 Å². The van der Waals surface area contributed by atoms with Crippen LogP contribution in [0.5, 0.6) is 0 Å². The Morgan fingerprint density at radius 2 is 2.00 bits per heavy atom. The third-order valence-corrected chi connectivity index (χ3v) is 3.12. The lowest BCUT2D eigenvalue weighted by molar-refractivity contribution is 0.244. The lowest BCUT2D eigenvalue weighted by Gasteiger charge is -2.21.